The Labute approximate surface area is 122 Å². The molecule has 2 N–H and O–H groups in total. The van der Waals surface area contributed by atoms with Gasteiger partial charge in [-0.1, -0.05) is 0 Å². The van der Waals surface area contributed by atoms with Crippen molar-refractivity contribution in [3.05, 3.63) is 28.5 Å². The molecular weight excluding hydrogens is 329 g/mol. The summed E-state index contributed by atoms with van der Waals surface area (Å²) in [4.78, 5) is 17.5. The van der Waals surface area contributed by atoms with E-state index in [1.807, 2.05) is 6.92 Å². The molecule has 0 radical (unpaired) electrons. The van der Waals surface area contributed by atoms with E-state index in [1.54, 1.807) is 30.3 Å². The molecule has 0 fully saturated rings. The summed E-state index contributed by atoms with van der Waals surface area (Å²) in [5, 5.41) is 0. The summed E-state index contributed by atoms with van der Waals surface area (Å²) in [6, 6.07) is 3.50. The molecule has 1 rings (SSSR count). The number of halogens is 3. The molecule has 4 nitrogen and oxygen atoms in total. The summed E-state index contributed by atoms with van der Waals surface area (Å²) in [6.45, 7) is 2.34. The van der Waals surface area contributed by atoms with E-state index in [9.17, 15) is 4.79 Å². The molecule has 0 aliphatic rings. The number of aromatic nitrogens is 1. The van der Waals surface area contributed by atoms with Crippen molar-refractivity contribution in [2.45, 2.75) is 13.0 Å². The predicted octanol–water partition coefficient (Wildman–Crippen LogP) is 2.11. The number of nitrogens with two attached hydrogens (primary N) is 1. The lowest BCUT2D eigenvalue weighted by molar-refractivity contribution is 0.0742. The molecule has 17 heavy (non-hydrogen) atoms. The molecule has 1 aromatic rings. The zero-order valence-electron chi connectivity index (χ0n) is 9.59. The van der Waals surface area contributed by atoms with Gasteiger partial charge >= 0.3 is 0 Å². The summed E-state index contributed by atoms with van der Waals surface area (Å²) in [6.07, 6.45) is 1.61. The monoisotopic (exact) mass is 343 g/mol. The van der Waals surface area contributed by atoms with Gasteiger partial charge in [-0.3, -0.25) is 4.79 Å². The smallest absolute Gasteiger partial charge is 0.272 e. The lowest BCUT2D eigenvalue weighted by Crippen LogP contribution is -2.40. The summed E-state index contributed by atoms with van der Waals surface area (Å²) in [5.41, 5.74) is 5.92. The summed E-state index contributed by atoms with van der Waals surface area (Å²) < 4.78 is 0.855. The maximum Gasteiger partial charge on any atom is 0.272 e. The quantitative estimate of drug-likeness (QED) is 0.913. The van der Waals surface area contributed by atoms with Crippen molar-refractivity contribution >= 4 is 46.7 Å². The normalized spacial score (nSPS) is 10.8. The van der Waals surface area contributed by atoms with Crippen molar-refractivity contribution in [2.75, 3.05) is 13.6 Å². The van der Waals surface area contributed by atoms with E-state index in [0.29, 0.717) is 12.2 Å². The van der Waals surface area contributed by atoms with Crippen LogP contribution in [0, 0.1) is 0 Å². The largest absolute Gasteiger partial charge is 0.336 e. The second-order valence-corrected chi connectivity index (χ2v) is 4.28. The van der Waals surface area contributed by atoms with Crippen LogP contribution in [0.2, 0.25) is 0 Å². The Balaban J connectivity index is 0. The number of amides is 1. The molecule has 1 unspecified atom stereocenters. The molecule has 1 atom stereocenters. The third-order valence-electron chi connectivity index (χ3n) is 2.27. The van der Waals surface area contributed by atoms with Gasteiger partial charge in [-0.15, -0.1) is 24.8 Å². The molecular formula is C10H16BrCl2N3O. The maximum atomic E-state index is 11.8. The summed E-state index contributed by atoms with van der Waals surface area (Å²) in [7, 11) is 1.73. The molecule has 0 aromatic carbocycles. The van der Waals surface area contributed by atoms with Crippen LogP contribution in [0.1, 0.15) is 17.4 Å². The zero-order chi connectivity index (χ0) is 11.4. The van der Waals surface area contributed by atoms with Gasteiger partial charge in [0.1, 0.15) is 5.69 Å². The number of rotatable bonds is 3. The molecule has 7 heteroatoms. The Hall–Kier alpha value is -0.360. The Bertz CT molecular complexity index is 348. The van der Waals surface area contributed by atoms with Crippen LogP contribution in [0.3, 0.4) is 0 Å². The molecule has 0 saturated carbocycles. The number of nitrogens with zero attached hydrogens (tertiary/aromatic N) is 2. The van der Waals surface area contributed by atoms with E-state index in [0.717, 1.165) is 4.47 Å². The number of carbonyl (C=O) groups excluding carboxylic acids is 1. The van der Waals surface area contributed by atoms with Gasteiger partial charge in [-0.25, -0.2) is 4.98 Å². The first-order valence-corrected chi connectivity index (χ1v) is 5.44. The van der Waals surface area contributed by atoms with Crippen LogP contribution in [0.5, 0.6) is 0 Å². The Morgan fingerprint density at radius 1 is 1.53 bits per heavy atom. The van der Waals surface area contributed by atoms with Crippen molar-refractivity contribution in [2.24, 2.45) is 5.73 Å². The van der Waals surface area contributed by atoms with Gasteiger partial charge in [0, 0.05) is 30.3 Å². The zero-order valence-corrected chi connectivity index (χ0v) is 12.8. The van der Waals surface area contributed by atoms with E-state index >= 15 is 0 Å². The minimum atomic E-state index is -0.111. The third-order valence-corrected chi connectivity index (χ3v) is 2.74. The van der Waals surface area contributed by atoms with Gasteiger partial charge < -0.3 is 10.6 Å². The predicted molar refractivity (Wildman–Crippen MR) is 77.0 cm³/mol. The fraction of sp³-hybridized carbons (Fsp3) is 0.400. The van der Waals surface area contributed by atoms with E-state index in [4.69, 9.17) is 5.73 Å². The van der Waals surface area contributed by atoms with Crippen molar-refractivity contribution in [3.8, 4) is 0 Å². The molecule has 0 aliphatic heterocycles. The highest BCUT2D eigenvalue weighted by atomic mass is 79.9. The van der Waals surface area contributed by atoms with E-state index in [2.05, 4.69) is 20.9 Å². The van der Waals surface area contributed by atoms with Crippen LogP contribution >= 0.6 is 40.7 Å². The molecule has 1 aromatic heterocycles. The number of likely N-dealkylation sites (N-methyl/N-ethyl adjacent to an activating group) is 1. The highest BCUT2D eigenvalue weighted by Crippen LogP contribution is 2.09. The lowest BCUT2D eigenvalue weighted by atomic mass is 10.2. The van der Waals surface area contributed by atoms with E-state index in [1.165, 1.54) is 0 Å². The van der Waals surface area contributed by atoms with Gasteiger partial charge in [0.25, 0.3) is 5.91 Å². The SMILES string of the molecule is CC(CN)N(C)C(=O)c1ccc(Br)cn1.Cl.Cl. The topological polar surface area (TPSA) is 59.2 Å². The number of pyridine rings is 1. The molecule has 98 valence electrons. The number of carbonyl (C=O) groups is 1. The molecule has 0 bridgehead atoms. The van der Waals surface area contributed by atoms with Gasteiger partial charge in [0.15, 0.2) is 0 Å². The third kappa shape index (κ3) is 5.21. The number of hydrogen-bond donors (Lipinski definition) is 1. The van der Waals surface area contributed by atoms with Gasteiger partial charge in [-0.05, 0) is 35.0 Å². The van der Waals surface area contributed by atoms with Crippen LogP contribution in [-0.2, 0) is 0 Å². The fourth-order valence-electron chi connectivity index (χ4n) is 1.04. The van der Waals surface area contributed by atoms with Crippen molar-refractivity contribution in [3.63, 3.8) is 0 Å². The Morgan fingerprint density at radius 3 is 2.53 bits per heavy atom. The van der Waals surface area contributed by atoms with Gasteiger partial charge in [0.2, 0.25) is 0 Å². The highest BCUT2D eigenvalue weighted by Gasteiger charge is 2.16. The molecule has 0 saturated heterocycles. The van der Waals surface area contributed by atoms with E-state index < -0.39 is 0 Å². The van der Waals surface area contributed by atoms with Crippen molar-refractivity contribution in [1.82, 2.24) is 9.88 Å². The first-order valence-electron chi connectivity index (χ1n) is 4.65. The molecule has 1 amide bonds. The molecule has 0 aliphatic carbocycles. The second kappa shape index (κ2) is 8.69. The lowest BCUT2D eigenvalue weighted by Gasteiger charge is -2.23. The van der Waals surface area contributed by atoms with Crippen LogP contribution in [0.15, 0.2) is 22.8 Å². The minimum Gasteiger partial charge on any atom is -0.336 e. The minimum absolute atomic E-state index is 0. The summed E-state index contributed by atoms with van der Waals surface area (Å²) >= 11 is 3.27. The van der Waals surface area contributed by atoms with Crippen LogP contribution in [0.4, 0.5) is 0 Å². The first kappa shape index (κ1) is 19.0. The maximum absolute atomic E-state index is 11.8. The standard InChI is InChI=1S/C10H14BrN3O.2ClH/c1-7(5-12)14(2)10(15)9-4-3-8(11)6-13-9;;/h3-4,6-7H,5,12H2,1-2H3;2*1H. The van der Waals surface area contributed by atoms with Crippen LogP contribution in [0.25, 0.3) is 0 Å². The number of hydrogen-bond acceptors (Lipinski definition) is 3. The fourth-order valence-corrected chi connectivity index (χ4v) is 1.28. The van der Waals surface area contributed by atoms with Gasteiger partial charge in [0.05, 0.1) is 0 Å². The second-order valence-electron chi connectivity index (χ2n) is 3.36. The summed E-state index contributed by atoms with van der Waals surface area (Å²) in [5.74, 6) is -0.111. The average Bonchev–Trinajstić information content (AvgIpc) is 2.27. The Morgan fingerprint density at radius 2 is 2.12 bits per heavy atom. The highest BCUT2D eigenvalue weighted by molar-refractivity contribution is 9.10. The average molecular weight is 345 g/mol. The molecule has 0 spiro atoms. The van der Waals surface area contributed by atoms with Gasteiger partial charge in [-0.2, -0.15) is 0 Å². The van der Waals surface area contributed by atoms with Crippen molar-refractivity contribution < 1.29 is 4.79 Å². The Kier molecular flexibility index (Phi) is 9.71. The molecule has 1 heterocycles. The van der Waals surface area contributed by atoms with Crippen LogP contribution < -0.4 is 5.73 Å². The van der Waals surface area contributed by atoms with Crippen molar-refractivity contribution in [1.29, 1.82) is 0 Å². The first-order chi connectivity index (χ1) is 7.06. The van der Waals surface area contributed by atoms with E-state index in [-0.39, 0.29) is 36.8 Å². The van der Waals surface area contributed by atoms with Crippen LogP contribution in [-0.4, -0.2) is 35.4 Å².